The van der Waals surface area contributed by atoms with Crippen molar-refractivity contribution in [3.05, 3.63) is 24.3 Å². The normalized spacial score (nSPS) is 12.3. The fourth-order valence-corrected chi connectivity index (χ4v) is 4.50. The second kappa shape index (κ2) is 6.84. The summed E-state index contributed by atoms with van der Waals surface area (Å²) in [5, 5.41) is 2.55. The predicted molar refractivity (Wildman–Crippen MR) is 90.5 cm³/mol. The molecule has 1 aromatic heterocycles. The van der Waals surface area contributed by atoms with Gasteiger partial charge in [0.25, 0.3) is 0 Å². The molecule has 0 aliphatic rings. The molecule has 8 heteroatoms. The molecule has 0 aliphatic heterocycles. The van der Waals surface area contributed by atoms with Crippen molar-refractivity contribution < 1.29 is 17.9 Å². The number of ether oxygens (including phenoxy) is 1. The summed E-state index contributed by atoms with van der Waals surface area (Å²) in [4.78, 5) is 15.6. The number of nitrogens with one attached hydrogen (secondary N) is 1. The molecule has 2 rings (SSSR count). The zero-order valence-electron chi connectivity index (χ0n) is 13.3. The van der Waals surface area contributed by atoms with E-state index in [2.05, 4.69) is 10.3 Å². The second-order valence-corrected chi connectivity index (χ2v) is 9.36. The smallest absolute Gasteiger partial charge is 0.407 e. The summed E-state index contributed by atoms with van der Waals surface area (Å²) in [6.07, 6.45) is -0.243. The lowest BCUT2D eigenvalue weighted by Crippen LogP contribution is -2.33. The van der Waals surface area contributed by atoms with Crippen molar-refractivity contribution in [1.82, 2.24) is 10.3 Å². The summed E-state index contributed by atoms with van der Waals surface area (Å²) in [6.45, 7) is 5.54. The highest BCUT2D eigenvalue weighted by Crippen LogP contribution is 2.25. The van der Waals surface area contributed by atoms with Crippen LogP contribution in [-0.2, 0) is 14.6 Å². The van der Waals surface area contributed by atoms with Gasteiger partial charge in [-0.2, -0.15) is 0 Å². The molecule has 2 aromatic rings. The first-order valence-corrected chi connectivity index (χ1v) is 9.69. The number of hydrogen-bond acceptors (Lipinski definition) is 6. The molecule has 0 bridgehead atoms. The molecule has 0 saturated heterocycles. The van der Waals surface area contributed by atoms with E-state index in [0.717, 1.165) is 4.70 Å². The molecule has 1 N–H and O–H groups in total. The molecular weight excluding hydrogens is 336 g/mol. The summed E-state index contributed by atoms with van der Waals surface area (Å²) in [5.41, 5.74) is 0.111. The molecule has 6 nitrogen and oxygen atoms in total. The highest BCUT2D eigenvalue weighted by molar-refractivity contribution is 7.93. The lowest BCUT2D eigenvalue weighted by Gasteiger charge is -2.19. The average molecular weight is 356 g/mol. The Labute approximate surface area is 139 Å². The van der Waals surface area contributed by atoms with Crippen LogP contribution in [0.5, 0.6) is 0 Å². The third-order valence-corrected chi connectivity index (χ3v) is 6.09. The number of thiazole rings is 1. The summed E-state index contributed by atoms with van der Waals surface area (Å²) in [5.74, 6) is -0.0668. The second-order valence-electron chi connectivity index (χ2n) is 6.05. The van der Waals surface area contributed by atoms with E-state index >= 15 is 0 Å². The molecule has 1 aromatic carbocycles. The summed E-state index contributed by atoms with van der Waals surface area (Å²) in [6, 6.07) is 7.30. The number of rotatable bonds is 5. The minimum Gasteiger partial charge on any atom is -0.444 e. The van der Waals surface area contributed by atoms with Crippen molar-refractivity contribution >= 4 is 37.5 Å². The Bertz CT molecular complexity index is 758. The van der Waals surface area contributed by atoms with E-state index in [4.69, 9.17) is 4.74 Å². The molecular formula is C15H20N2O4S2. The predicted octanol–water partition coefficient (Wildman–Crippen LogP) is 2.98. The maximum absolute atomic E-state index is 12.3. The Morgan fingerprint density at radius 2 is 2.00 bits per heavy atom. The molecule has 23 heavy (non-hydrogen) atoms. The molecule has 1 heterocycles. The number of benzene rings is 1. The quantitative estimate of drug-likeness (QED) is 0.833. The number of sulfone groups is 1. The number of hydrogen-bond donors (Lipinski definition) is 1. The van der Waals surface area contributed by atoms with Gasteiger partial charge in [-0.3, -0.25) is 0 Å². The van der Waals surface area contributed by atoms with Crippen molar-refractivity contribution in [2.75, 3.05) is 12.3 Å². The van der Waals surface area contributed by atoms with E-state index in [-0.39, 0.29) is 16.6 Å². The van der Waals surface area contributed by atoms with Gasteiger partial charge in [-0.05, 0) is 39.3 Å². The number of para-hydroxylation sites is 1. The largest absolute Gasteiger partial charge is 0.444 e. The molecule has 126 valence electrons. The lowest BCUT2D eigenvalue weighted by atomic mass is 10.2. The van der Waals surface area contributed by atoms with Crippen LogP contribution in [0.1, 0.15) is 27.2 Å². The van der Waals surface area contributed by atoms with E-state index in [1.807, 2.05) is 18.2 Å². The lowest BCUT2D eigenvalue weighted by molar-refractivity contribution is 0.0528. The van der Waals surface area contributed by atoms with Crippen LogP contribution in [0.15, 0.2) is 28.6 Å². The SMILES string of the molecule is CC(C)(C)OC(=O)NCCCS(=O)(=O)c1nc2ccccc2s1. The number of nitrogens with zero attached hydrogens (tertiary/aromatic N) is 1. The number of carbonyl (C=O) groups excluding carboxylic acids is 1. The minimum atomic E-state index is -3.44. The van der Waals surface area contributed by atoms with Gasteiger partial charge in [-0.15, -0.1) is 11.3 Å². The van der Waals surface area contributed by atoms with Gasteiger partial charge < -0.3 is 10.1 Å². The van der Waals surface area contributed by atoms with Gasteiger partial charge >= 0.3 is 6.09 Å². The Hall–Kier alpha value is -1.67. The van der Waals surface area contributed by atoms with Crippen molar-refractivity contribution in [3.8, 4) is 0 Å². The molecule has 0 saturated carbocycles. The maximum atomic E-state index is 12.3. The van der Waals surface area contributed by atoms with Crippen molar-refractivity contribution in [1.29, 1.82) is 0 Å². The third kappa shape index (κ3) is 5.18. The van der Waals surface area contributed by atoms with Gasteiger partial charge in [0.15, 0.2) is 0 Å². The Balaban J connectivity index is 1.88. The molecule has 0 radical (unpaired) electrons. The summed E-state index contributed by atoms with van der Waals surface area (Å²) >= 11 is 1.17. The van der Waals surface area contributed by atoms with Gasteiger partial charge in [0.1, 0.15) is 5.60 Å². The molecule has 0 unspecified atom stereocenters. The van der Waals surface area contributed by atoms with Crippen molar-refractivity contribution in [2.45, 2.75) is 37.1 Å². The monoisotopic (exact) mass is 356 g/mol. The van der Waals surface area contributed by atoms with Crippen LogP contribution in [0.2, 0.25) is 0 Å². The van der Waals surface area contributed by atoms with E-state index in [0.29, 0.717) is 11.9 Å². The van der Waals surface area contributed by atoms with Crippen molar-refractivity contribution in [3.63, 3.8) is 0 Å². The van der Waals surface area contributed by atoms with E-state index in [1.165, 1.54) is 11.3 Å². The van der Waals surface area contributed by atoms with Gasteiger partial charge in [-0.1, -0.05) is 12.1 Å². The molecule has 0 aliphatic carbocycles. The van der Waals surface area contributed by atoms with E-state index in [9.17, 15) is 13.2 Å². The van der Waals surface area contributed by atoms with E-state index in [1.54, 1.807) is 26.8 Å². The first-order valence-electron chi connectivity index (χ1n) is 7.22. The minimum absolute atomic E-state index is 0.0668. The number of fused-ring (bicyclic) bond motifs is 1. The zero-order valence-corrected chi connectivity index (χ0v) is 15.0. The van der Waals surface area contributed by atoms with Gasteiger partial charge in [0.05, 0.1) is 16.0 Å². The third-order valence-electron chi connectivity index (χ3n) is 2.80. The zero-order chi connectivity index (χ0) is 17.1. The van der Waals surface area contributed by atoms with Crippen LogP contribution in [0.3, 0.4) is 0 Å². The first kappa shape index (κ1) is 17.7. The number of amides is 1. The van der Waals surface area contributed by atoms with Crippen LogP contribution in [0, 0.1) is 0 Å². The molecule has 0 spiro atoms. The topological polar surface area (TPSA) is 85.4 Å². The Kier molecular flexibility index (Phi) is 5.26. The number of aromatic nitrogens is 1. The van der Waals surface area contributed by atoms with Gasteiger partial charge in [0, 0.05) is 6.54 Å². The summed E-state index contributed by atoms with van der Waals surface area (Å²) in [7, 11) is -3.44. The number of carbonyl (C=O) groups is 1. The molecule has 0 fully saturated rings. The van der Waals surface area contributed by atoms with Crippen LogP contribution < -0.4 is 5.32 Å². The Morgan fingerprint density at radius 1 is 1.30 bits per heavy atom. The van der Waals surface area contributed by atoms with Crippen LogP contribution in [0.4, 0.5) is 4.79 Å². The average Bonchev–Trinajstić information content (AvgIpc) is 2.86. The fraction of sp³-hybridized carbons (Fsp3) is 0.467. The molecule has 1 amide bonds. The van der Waals surface area contributed by atoms with E-state index < -0.39 is 21.5 Å². The van der Waals surface area contributed by atoms with Gasteiger partial charge in [-0.25, -0.2) is 18.2 Å². The standard InChI is InChI=1S/C15H20N2O4S2/c1-15(2,3)21-13(18)16-9-6-10-23(19,20)14-17-11-7-4-5-8-12(11)22-14/h4-5,7-8H,6,9-10H2,1-3H3,(H,16,18). The maximum Gasteiger partial charge on any atom is 0.407 e. The van der Waals surface area contributed by atoms with Crippen LogP contribution >= 0.6 is 11.3 Å². The first-order chi connectivity index (χ1) is 10.7. The highest BCUT2D eigenvalue weighted by atomic mass is 32.2. The highest BCUT2D eigenvalue weighted by Gasteiger charge is 2.20. The fourth-order valence-electron chi connectivity index (χ4n) is 1.84. The van der Waals surface area contributed by atoms with Crippen LogP contribution in [-0.4, -0.2) is 37.4 Å². The molecule has 0 atom stereocenters. The Morgan fingerprint density at radius 3 is 2.65 bits per heavy atom. The van der Waals surface area contributed by atoms with Crippen molar-refractivity contribution in [2.24, 2.45) is 0 Å². The number of alkyl carbamates (subject to hydrolysis) is 1. The van der Waals surface area contributed by atoms with Gasteiger partial charge in [0.2, 0.25) is 14.2 Å². The summed E-state index contributed by atoms with van der Waals surface area (Å²) < 4.78 is 30.6. The van der Waals surface area contributed by atoms with Crippen LogP contribution in [0.25, 0.3) is 10.2 Å².